The van der Waals surface area contributed by atoms with E-state index in [0.29, 0.717) is 4.90 Å². The monoisotopic (exact) mass is 225 g/mol. The van der Waals surface area contributed by atoms with Crippen molar-refractivity contribution in [2.75, 3.05) is 19.7 Å². The van der Waals surface area contributed by atoms with Crippen LogP contribution in [0.15, 0.2) is 0 Å². The molecule has 0 fully saturated rings. The van der Waals surface area contributed by atoms with Crippen molar-refractivity contribution in [1.29, 1.82) is 0 Å². The Bertz CT molecular complexity index is 235. The van der Waals surface area contributed by atoms with Gasteiger partial charge in [0.1, 0.15) is 5.92 Å². The molecule has 7 heteroatoms. The van der Waals surface area contributed by atoms with Crippen LogP contribution in [0, 0.1) is 5.92 Å². The maximum atomic E-state index is 12.0. The lowest BCUT2D eigenvalue weighted by Crippen LogP contribution is -2.42. The molecule has 0 spiro atoms. The number of alkyl halides is 2. The SMILES string of the molecule is CC(C(=O)O)C(=O)N(CCO)CC(F)F. The first-order chi connectivity index (χ1) is 6.90. The molecule has 1 atom stereocenters. The molecule has 0 aromatic carbocycles. The van der Waals surface area contributed by atoms with Crippen LogP contribution in [0.2, 0.25) is 0 Å². The Kier molecular flexibility index (Phi) is 5.76. The minimum atomic E-state index is -2.75. The van der Waals surface area contributed by atoms with Crippen LogP contribution in [0.1, 0.15) is 6.92 Å². The third-order valence-corrected chi connectivity index (χ3v) is 1.78. The van der Waals surface area contributed by atoms with Gasteiger partial charge in [-0.25, -0.2) is 8.78 Å². The normalized spacial score (nSPS) is 12.6. The summed E-state index contributed by atoms with van der Waals surface area (Å²) in [5.74, 6) is -3.68. The molecule has 1 amide bonds. The molecule has 0 aliphatic rings. The van der Waals surface area contributed by atoms with E-state index >= 15 is 0 Å². The highest BCUT2D eigenvalue weighted by Gasteiger charge is 2.27. The first-order valence-electron chi connectivity index (χ1n) is 4.30. The fourth-order valence-corrected chi connectivity index (χ4v) is 0.958. The molecule has 0 saturated heterocycles. The number of aliphatic hydroxyl groups excluding tert-OH is 1. The number of carboxylic acid groups (broad SMARTS) is 1. The zero-order valence-corrected chi connectivity index (χ0v) is 8.19. The largest absolute Gasteiger partial charge is 0.481 e. The van der Waals surface area contributed by atoms with Gasteiger partial charge in [-0.2, -0.15) is 0 Å². The summed E-state index contributed by atoms with van der Waals surface area (Å²) in [6.07, 6.45) is -2.75. The minimum Gasteiger partial charge on any atom is -0.481 e. The molecule has 88 valence electrons. The quantitative estimate of drug-likeness (QED) is 0.613. The number of carbonyl (C=O) groups is 2. The summed E-state index contributed by atoms with van der Waals surface area (Å²) in [4.78, 5) is 22.4. The van der Waals surface area contributed by atoms with Crippen molar-refractivity contribution in [2.24, 2.45) is 5.92 Å². The first kappa shape index (κ1) is 13.8. The maximum Gasteiger partial charge on any atom is 0.315 e. The fraction of sp³-hybridized carbons (Fsp3) is 0.750. The molecular weight excluding hydrogens is 212 g/mol. The number of hydrogen-bond acceptors (Lipinski definition) is 3. The summed E-state index contributed by atoms with van der Waals surface area (Å²) in [5, 5.41) is 17.0. The average molecular weight is 225 g/mol. The third-order valence-electron chi connectivity index (χ3n) is 1.78. The predicted octanol–water partition coefficient (Wildman–Crippen LogP) is -0.207. The summed E-state index contributed by atoms with van der Waals surface area (Å²) in [5.41, 5.74) is 0. The Balaban J connectivity index is 4.47. The van der Waals surface area contributed by atoms with Gasteiger partial charge >= 0.3 is 5.97 Å². The van der Waals surface area contributed by atoms with Gasteiger partial charge < -0.3 is 15.1 Å². The Hall–Kier alpha value is -1.24. The summed E-state index contributed by atoms with van der Waals surface area (Å²) in [7, 11) is 0. The van der Waals surface area contributed by atoms with Crippen molar-refractivity contribution in [1.82, 2.24) is 4.90 Å². The summed E-state index contributed by atoms with van der Waals surface area (Å²) in [6, 6.07) is 0. The van der Waals surface area contributed by atoms with E-state index < -0.39 is 37.4 Å². The highest BCUT2D eigenvalue weighted by Crippen LogP contribution is 2.05. The van der Waals surface area contributed by atoms with Crippen LogP contribution in [-0.2, 0) is 9.59 Å². The van der Waals surface area contributed by atoms with E-state index in [1.165, 1.54) is 0 Å². The molecule has 0 heterocycles. The van der Waals surface area contributed by atoms with E-state index in [1.54, 1.807) is 0 Å². The highest BCUT2D eigenvalue weighted by molar-refractivity contribution is 5.96. The second kappa shape index (κ2) is 6.28. The van der Waals surface area contributed by atoms with Crippen molar-refractivity contribution in [3.63, 3.8) is 0 Å². The van der Waals surface area contributed by atoms with Gasteiger partial charge in [0.2, 0.25) is 5.91 Å². The van der Waals surface area contributed by atoms with E-state index in [1.807, 2.05) is 0 Å². The molecule has 0 aliphatic heterocycles. The van der Waals surface area contributed by atoms with Gasteiger partial charge in [0.05, 0.1) is 13.2 Å². The smallest absolute Gasteiger partial charge is 0.315 e. The number of rotatable bonds is 6. The predicted molar refractivity (Wildman–Crippen MR) is 46.5 cm³/mol. The molecule has 5 nitrogen and oxygen atoms in total. The molecule has 15 heavy (non-hydrogen) atoms. The van der Waals surface area contributed by atoms with Crippen LogP contribution in [0.4, 0.5) is 8.78 Å². The average Bonchev–Trinajstić information content (AvgIpc) is 2.14. The second-order valence-electron chi connectivity index (χ2n) is 2.96. The number of halogens is 2. The number of nitrogens with zero attached hydrogens (tertiary/aromatic N) is 1. The summed E-state index contributed by atoms with van der Waals surface area (Å²) >= 11 is 0. The van der Waals surface area contributed by atoms with Crippen molar-refractivity contribution in [3.8, 4) is 0 Å². The van der Waals surface area contributed by atoms with Gasteiger partial charge in [-0.15, -0.1) is 0 Å². The lowest BCUT2D eigenvalue weighted by Gasteiger charge is -2.22. The van der Waals surface area contributed by atoms with Gasteiger partial charge in [-0.05, 0) is 6.92 Å². The van der Waals surface area contributed by atoms with Gasteiger partial charge in [0, 0.05) is 6.54 Å². The molecule has 2 N–H and O–H groups in total. The molecule has 0 aromatic heterocycles. The second-order valence-corrected chi connectivity index (χ2v) is 2.96. The number of aliphatic hydroxyl groups is 1. The van der Waals surface area contributed by atoms with Gasteiger partial charge in [0.15, 0.2) is 0 Å². The molecular formula is C8H13F2NO4. The minimum absolute atomic E-state index is 0.291. The molecule has 0 aliphatic carbocycles. The zero-order chi connectivity index (χ0) is 12.0. The standard InChI is InChI=1S/C8H13F2NO4/c1-5(8(14)15)7(13)11(2-3-12)4-6(9)10/h5-6,12H,2-4H2,1H3,(H,14,15). The molecule has 0 saturated carbocycles. The van der Waals surface area contributed by atoms with Gasteiger partial charge in [-0.3, -0.25) is 9.59 Å². The van der Waals surface area contributed by atoms with Crippen LogP contribution in [-0.4, -0.2) is 53.1 Å². The van der Waals surface area contributed by atoms with Crippen LogP contribution >= 0.6 is 0 Å². The van der Waals surface area contributed by atoms with Crippen LogP contribution in [0.25, 0.3) is 0 Å². The molecule has 0 aromatic rings. The number of carbonyl (C=O) groups excluding carboxylic acids is 1. The Labute approximate surface area is 85.3 Å². The van der Waals surface area contributed by atoms with Gasteiger partial charge in [-0.1, -0.05) is 0 Å². The first-order valence-corrected chi connectivity index (χ1v) is 4.30. The van der Waals surface area contributed by atoms with Crippen molar-refractivity contribution < 1.29 is 28.6 Å². The van der Waals surface area contributed by atoms with E-state index in [4.69, 9.17) is 10.2 Å². The molecule has 0 radical (unpaired) electrons. The van der Waals surface area contributed by atoms with Crippen LogP contribution in [0.5, 0.6) is 0 Å². The highest BCUT2D eigenvalue weighted by atomic mass is 19.3. The number of carboxylic acids is 1. The lowest BCUT2D eigenvalue weighted by molar-refractivity contribution is -0.151. The topological polar surface area (TPSA) is 77.8 Å². The maximum absolute atomic E-state index is 12.0. The fourth-order valence-electron chi connectivity index (χ4n) is 0.958. The van der Waals surface area contributed by atoms with Crippen LogP contribution in [0.3, 0.4) is 0 Å². The van der Waals surface area contributed by atoms with E-state index in [0.717, 1.165) is 6.92 Å². The van der Waals surface area contributed by atoms with E-state index in [2.05, 4.69) is 0 Å². The summed E-state index contributed by atoms with van der Waals surface area (Å²) < 4.78 is 24.0. The van der Waals surface area contributed by atoms with Crippen molar-refractivity contribution >= 4 is 11.9 Å². The molecule has 0 bridgehead atoms. The van der Waals surface area contributed by atoms with Crippen LogP contribution < -0.4 is 0 Å². The van der Waals surface area contributed by atoms with Crippen molar-refractivity contribution in [2.45, 2.75) is 13.3 Å². The Morgan fingerprint density at radius 1 is 1.40 bits per heavy atom. The molecule has 1 unspecified atom stereocenters. The zero-order valence-electron chi connectivity index (χ0n) is 8.19. The Morgan fingerprint density at radius 2 is 1.93 bits per heavy atom. The Morgan fingerprint density at radius 3 is 2.27 bits per heavy atom. The number of hydrogen-bond donors (Lipinski definition) is 2. The van der Waals surface area contributed by atoms with E-state index in [-0.39, 0.29) is 6.54 Å². The number of aliphatic carboxylic acids is 1. The summed E-state index contributed by atoms with van der Waals surface area (Å²) in [6.45, 7) is -0.525. The van der Waals surface area contributed by atoms with Gasteiger partial charge in [0.25, 0.3) is 6.43 Å². The third kappa shape index (κ3) is 4.68. The van der Waals surface area contributed by atoms with E-state index in [9.17, 15) is 18.4 Å². The lowest BCUT2D eigenvalue weighted by atomic mass is 10.1. The number of amides is 1. The molecule has 0 rings (SSSR count). The van der Waals surface area contributed by atoms with Crippen molar-refractivity contribution in [3.05, 3.63) is 0 Å².